The van der Waals surface area contributed by atoms with Gasteiger partial charge in [-0.1, -0.05) is 64.7 Å². The summed E-state index contributed by atoms with van der Waals surface area (Å²) in [6.45, 7) is 2.24. The Hall–Kier alpha value is -1.15. The van der Waals surface area contributed by atoms with Gasteiger partial charge in [0.2, 0.25) is 5.91 Å². The molecule has 1 aliphatic heterocycles. The number of amides is 1. The number of carbonyl (C=O) groups is 1. The first-order chi connectivity index (χ1) is 10.2. The van der Waals surface area contributed by atoms with E-state index in [4.69, 9.17) is 17.5 Å². The van der Waals surface area contributed by atoms with E-state index in [1.165, 1.54) is 51.4 Å². The molecule has 1 heterocycles. The Bertz CT molecular complexity index is 378. The fourth-order valence-electron chi connectivity index (χ4n) is 2.72. The van der Waals surface area contributed by atoms with Gasteiger partial charge in [-0.25, -0.2) is 0 Å². The van der Waals surface area contributed by atoms with Crippen LogP contribution in [-0.2, 0) is 4.79 Å². The van der Waals surface area contributed by atoms with Crippen LogP contribution in [0.25, 0.3) is 0 Å². The monoisotopic (exact) mass is 309 g/mol. The van der Waals surface area contributed by atoms with Crippen molar-refractivity contribution >= 4 is 23.2 Å². The molecule has 0 aromatic carbocycles. The lowest BCUT2D eigenvalue weighted by Crippen LogP contribution is -2.57. The van der Waals surface area contributed by atoms with E-state index < -0.39 is 5.92 Å². The van der Waals surface area contributed by atoms with Crippen LogP contribution < -0.4 is 10.6 Å². The molecule has 2 atom stereocenters. The number of carbonyl (C=O) groups excluding carboxylic acids is 1. The van der Waals surface area contributed by atoms with Crippen molar-refractivity contribution in [1.29, 1.82) is 5.26 Å². The molecule has 2 N–H and O–H groups in total. The fraction of sp³-hybridized carbons (Fsp3) is 0.812. The third kappa shape index (κ3) is 6.90. The second kappa shape index (κ2) is 10.6. The van der Waals surface area contributed by atoms with E-state index in [2.05, 4.69) is 23.6 Å². The van der Waals surface area contributed by atoms with Crippen molar-refractivity contribution in [2.24, 2.45) is 5.92 Å². The number of rotatable bonds is 10. The average Bonchev–Trinajstić information content (AvgIpc) is 2.45. The third-order valence-electron chi connectivity index (χ3n) is 4.00. The number of thiocarbonyl (C=S) groups is 1. The SMILES string of the molecule is CCCCCCCCCCC[C@H]1NC(=S)NC(=O)[C@H]1C#N. The van der Waals surface area contributed by atoms with Crippen LogP contribution in [0.2, 0.25) is 0 Å². The first-order valence-electron chi connectivity index (χ1n) is 8.20. The maximum Gasteiger partial charge on any atom is 0.245 e. The molecule has 0 aliphatic carbocycles. The Morgan fingerprint density at radius 2 is 1.67 bits per heavy atom. The fourth-order valence-corrected chi connectivity index (χ4v) is 2.97. The Morgan fingerprint density at radius 1 is 1.10 bits per heavy atom. The lowest BCUT2D eigenvalue weighted by atomic mass is 9.93. The summed E-state index contributed by atoms with van der Waals surface area (Å²) in [4.78, 5) is 11.6. The molecule has 1 fully saturated rings. The zero-order valence-electron chi connectivity index (χ0n) is 13.0. The van der Waals surface area contributed by atoms with Gasteiger partial charge >= 0.3 is 0 Å². The molecule has 118 valence electrons. The van der Waals surface area contributed by atoms with E-state index in [0.717, 1.165) is 12.8 Å². The molecule has 0 saturated carbocycles. The minimum absolute atomic E-state index is 0.124. The van der Waals surface area contributed by atoms with Gasteiger partial charge in [-0.05, 0) is 18.6 Å². The molecule has 0 bridgehead atoms. The van der Waals surface area contributed by atoms with Gasteiger partial charge in [-0.15, -0.1) is 0 Å². The summed E-state index contributed by atoms with van der Waals surface area (Å²) in [7, 11) is 0. The minimum atomic E-state index is -0.620. The van der Waals surface area contributed by atoms with Gasteiger partial charge in [0.1, 0.15) is 5.92 Å². The summed E-state index contributed by atoms with van der Waals surface area (Å²) in [5.41, 5.74) is 0. The molecule has 5 heteroatoms. The van der Waals surface area contributed by atoms with Crippen LogP contribution in [0, 0.1) is 17.2 Å². The smallest absolute Gasteiger partial charge is 0.245 e. The highest BCUT2D eigenvalue weighted by Gasteiger charge is 2.33. The van der Waals surface area contributed by atoms with Crippen LogP contribution in [0.4, 0.5) is 0 Å². The van der Waals surface area contributed by atoms with Crippen LogP contribution in [0.1, 0.15) is 71.1 Å². The third-order valence-corrected chi connectivity index (χ3v) is 4.22. The van der Waals surface area contributed by atoms with Crippen LogP contribution in [0.5, 0.6) is 0 Å². The molecule has 21 heavy (non-hydrogen) atoms. The summed E-state index contributed by atoms with van der Waals surface area (Å²) in [5, 5.41) is 15.0. The van der Waals surface area contributed by atoms with Crippen LogP contribution in [-0.4, -0.2) is 17.1 Å². The van der Waals surface area contributed by atoms with E-state index in [9.17, 15) is 4.79 Å². The van der Waals surface area contributed by atoms with E-state index in [1.807, 2.05) is 0 Å². The molecule has 0 unspecified atom stereocenters. The maximum absolute atomic E-state index is 11.6. The number of hydrogen-bond acceptors (Lipinski definition) is 3. The highest BCUT2D eigenvalue weighted by molar-refractivity contribution is 7.80. The van der Waals surface area contributed by atoms with Crippen LogP contribution >= 0.6 is 12.2 Å². The van der Waals surface area contributed by atoms with Gasteiger partial charge in [0, 0.05) is 0 Å². The Labute approximate surface area is 133 Å². The number of hydrogen-bond donors (Lipinski definition) is 2. The first kappa shape index (κ1) is 17.9. The maximum atomic E-state index is 11.6. The van der Waals surface area contributed by atoms with E-state index in [-0.39, 0.29) is 11.9 Å². The van der Waals surface area contributed by atoms with Crippen molar-refractivity contribution in [1.82, 2.24) is 10.6 Å². The molecule has 0 radical (unpaired) electrons. The largest absolute Gasteiger partial charge is 0.358 e. The van der Waals surface area contributed by atoms with Crippen molar-refractivity contribution in [2.45, 2.75) is 77.2 Å². The number of nitriles is 1. The molecular formula is C16H27N3OS. The highest BCUT2D eigenvalue weighted by Crippen LogP contribution is 2.16. The van der Waals surface area contributed by atoms with Crippen molar-refractivity contribution in [3.63, 3.8) is 0 Å². The minimum Gasteiger partial charge on any atom is -0.358 e. The molecule has 0 aromatic heterocycles. The quantitative estimate of drug-likeness (QED) is 0.479. The normalized spacial score (nSPS) is 21.5. The van der Waals surface area contributed by atoms with Gasteiger partial charge in [-0.3, -0.25) is 4.79 Å². The topological polar surface area (TPSA) is 64.9 Å². The lowest BCUT2D eigenvalue weighted by molar-refractivity contribution is -0.123. The van der Waals surface area contributed by atoms with Crippen molar-refractivity contribution in [3.8, 4) is 6.07 Å². The van der Waals surface area contributed by atoms with Crippen LogP contribution in [0.15, 0.2) is 0 Å². The molecule has 0 aromatic rings. The predicted molar refractivity (Wildman–Crippen MR) is 88.6 cm³/mol. The van der Waals surface area contributed by atoms with E-state index in [1.54, 1.807) is 0 Å². The summed E-state index contributed by atoms with van der Waals surface area (Å²) in [6, 6.07) is 1.95. The van der Waals surface area contributed by atoms with E-state index in [0.29, 0.717) is 5.11 Å². The Balaban J connectivity index is 2.10. The molecular weight excluding hydrogens is 282 g/mol. The predicted octanol–water partition coefficient (Wildman–Crippen LogP) is 3.42. The second-order valence-electron chi connectivity index (χ2n) is 5.79. The molecule has 1 saturated heterocycles. The molecule has 1 amide bonds. The van der Waals surface area contributed by atoms with Crippen molar-refractivity contribution < 1.29 is 4.79 Å². The van der Waals surface area contributed by atoms with E-state index >= 15 is 0 Å². The summed E-state index contributed by atoms with van der Waals surface area (Å²) in [5.74, 6) is -0.882. The Morgan fingerprint density at radius 3 is 2.24 bits per heavy atom. The zero-order chi connectivity index (χ0) is 15.5. The molecule has 1 rings (SSSR count). The number of unbranched alkanes of at least 4 members (excludes halogenated alkanes) is 8. The number of nitrogens with zero attached hydrogens (tertiary/aromatic N) is 1. The highest BCUT2D eigenvalue weighted by atomic mass is 32.1. The molecule has 1 aliphatic rings. The van der Waals surface area contributed by atoms with Crippen LogP contribution in [0.3, 0.4) is 0 Å². The van der Waals surface area contributed by atoms with Gasteiger partial charge < -0.3 is 10.6 Å². The van der Waals surface area contributed by atoms with Gasteiger partial charge in [0.15, 0.2) is 5.11 Å². The second-order valence-corrected chi connectivity index (χ2v) is 6.20. The first-order valence-corrected chi connectivity index (χ1v) is 8.60. The molecule has 0 spiro atoms. The van der Waals surface area contributed by atoms with Gasteiger partial charge in [0.05, 0.1) is 12.1 Å². The van der Waals surface area contributed by atoms with Crippen molar-refractivity contribution in [2.75, 3.05) is 0 Å². The van der Waals surface area contributed by atoms with Gasteiger partial charge in [0.25, 0.3) is 0 Å². The molecule has 4 nitrogen and oxygen atoms in total. The standard InChI is InChI=1S/C16H27N3OS/c1-2-3-4-5-6-7-8-9-10-11-14-13(12-17)15(20)19-16(21)18-14/h13-14H,2-11H2,1H3,(H2,18,19,20,21)/t13-,14+/m0/s1. The summed E-state index contributed by atoms with van der Waals surface area (Å²) in [6.07, 6.45) is 12.3. The van der Waals surface area contributed by atoms with Gasteiger partial charge in [-0.2, -0.15) is 5.26 Å². The number of nitrogens with one attached hydrogen (secondary N) is 2. The average molecular weight is 309 g/mol. The summed E-state index contributed by atoms with van der Waals surface area (Å²) < 4.78 is 0. The Kier molecular flexibility index (Phi) is 9.00. The zero-order valence-corrected chi connectivity index (χ0v) is 13.8. The summed E-state index contributed by atoms with van der Waals surface area (Å²) >= 11 is 4.98. The lowest BCUT2D eigenvalue weighted by Gasteiger charge is -2.29. The van der Waals surface area contributed by atoms with Crippen molar-refractivity contribution in [3.05, 3.63) is 0 Å².